The highest BCUT2D eigenvalue weighted by atomic mass is 35.5. The zero-order valence-electron chi connectivity index (χ0n) is 13.1. The molecule has 0 unspecified atom stereocenters. The van der Waals surface area contributed by atoms with E-state index in [0.29, 0.717) is 0 Å². The van der Waals surface area contributed by atoms with Crippen molar-refractivity contribution in [2.24, 2.45) is 7.05 Å². The molecule has 0 saturated carbocycles. The predicted molar refractivity (Wildman–Crippen MR) is 96.6 cm³/mol. The monoisotopic (exact) mass is 326 g/mol. The molecule has 4 nitrogen and oxygen atoms in total. The third-order valence-corrected chi connectivity index (χ3v) is 4.78. The zero-order chi connectivity index (χ0) is 15.8. The fourth-order valence-corrected chi connectivity index (χ4v) is 3.43. The van der Waals surface area contributed by atoms with Crippen molar-refractivity contribution in [1.82, 2.24) is 9.55 Å². The molecule has 4 rings (SSSR count). The van der Waals surface area contributed by atoms with Crippen molar-refractivity contribution < 1.29 is 0 Å². The summed E-state index contributed by atoms with van der Waals surface area (Å²) >= 11 is 5.98. The molecule has 0 bridgehead atoms. The van der Waals surface area contributed by atoms with Gasteiger partial charge in [-0.25, -0.2) is 4.98 Å². The Labute approximate surface area is 140 Å². The van der Waals surface area contributed by atoms with Gasteiger partial charge in [0, 0.05) is 61.7 Å². The lowest BCUT2D eigenvalue weighted by Gasteiger charge is -2.37. The van der Waals surface area contributed by atoms with Crippen LogP contribution in [-0.2, 0) is 7.05 Å². The zero-order valence-corrected chi connectivity index (χ0v) is 13.9. The van der Waals surface area contributed by atoms with Crippen LogP contribution in [0.3, 0.4) is 0 Å². The molecule has 1 fully saturated rings. The van der Waals surface area contributed by atoms with Crippen LogP contribution < -0.4 is 9.80 Å². The van der Waals surface area contributed by atoms with Crippen LogP contribution in [-0.4, -0.2) is 35.7 Å². The number of pyridine rings is 1. The van der Waals surface area contributed by atoms with Crippen molar-refractivity contribution in [2.45, 2.75) is 0 Å². The number of benzene rings is 1. The first kappa shape index (κ1) is 14.4. The van der Waals surface area contributed by atoms with E-state index >= 15 is 0 Å². The maximum atomic E-state index is 5.98. The van der Waals surface area contributed by atoms with Crippen molar-refractivity contribution in [2.75, 3.05) is 36.0 Å². The Hall–Kier alpha value is -2.20. The summed E-state index contributed by atoms with van der Waals surface area (Å²) in [6.07, 6.45) is 4.04. The number of aromatic nitrogens is 2. The van der Waals surface area contributed by atoms with Gasteiger partial charge < -0.3 is 14.4 Å². The van der Waals surface area contributed by atoms with E-state index in [-0.39, 0.29) is 0 Å². The van der Waals surface area contributed by atoms with E-state index in [4.69, 9.17) is 11.6 Å². The summed E-state index contributed by atoms with van der Waals surface area (Å²) in [5, 5.41) is 2.02. The molecule has 3 aromatic rings. The number of halogens is 1. The molecule has 1 aliphatic heterocycles. The molecule has 1 saturated heterocycles. The SMILES string of the molecule is Cn1cc(N2CCN(c3ccc(Cl)cc3)CC2)c2cccnc21. The summed E-state index contributed by atoms with van der Waals surface area (Å²) in [7, 11) is 2.06. The van der Waals surface area contributed by atoms with Crippen LogP contribution in [0.15, 0.2) is 48.8 Å². The smallest absolute Gasteiger partial charge is 0.141 e. The van der Waals surface area contributed by atoms with E-state index in [9.17, 15) is 0 Å². The van der Waals surface area contributed by atoms with E-state index < -0.39 is 0 Å². The predicted octanol–water partition coefficient (Wildman–Crippen LogP) is 3.55. The van der Waals surface area contributed by atoms with Crippen LogP contribution >= 0.6 is 11.6 Å². The largest absolute Gasteiger partial charge is 0.368 e. The van der Waals surface area contributed by atoms with Crippen molar-refractivity contribution in [1.29, 1.82) is 0 Å². The molecule has 0 radical (unpaired) electrons. The third kappa shape index (κ3) is 2.63. The first-order valence-electron chi connectivity index (χ1n) is 7.88. The van der Waals surface area contributed by atoms with Crippen LogP contribution in [0.4, 0.5) is 11.4 Å². The van der Waals surface area contributed by atoms with Gasteiger partial charge in [0.05, 0.1) is 5.69 Å². The summed E-state index contributed by atoms with van der Waals surface area (Å²) in [4.78, 5) is 9.35. The standard InChI is InChI=1S/C18H19ClN4/c1-21-13-17(16-3-2-8-20-18(16)21)23-11-9-22(10-12-23)15-6-4-14(19)5-7-15/h2-8,13H,9-12H2,1H3. The summed E-state index contributed by atoms with van der Waals surface area (Å²) in [5.41, 5.74) is 3.57. The molecule has 23 heavy (non-hydrogen) atoms. The molecule has 0 aliphatic carbocycles. The molecule has 1 aliphatic rings. The number of hydrogen-bond donors (Lipinski definition) is 0. The minimum absolute atomic E-state index is 0.788. The van der Waals surface area contributed by atoms with Gasteiger partial charge in [-0.3, -0.25) is 0 Å². The number of piperazine rings is 1. The normalized spacial score (nSPS) is 15.4. The van der Waals surface area contributed by atoms with Gasteiger partial charge in [-0.2, -0.15) is 0 Å². The Morgan fingerprint density at radius 1 is 0.957 bits per heavy atom. The number of hydrogen-bond acceptors (Lipinski definition) is 3. The summed E-state index contributed by atoms with van der Waals surface area (Å²) < 4.78 is 2.11. The highest BCUT2D eigenvalue weighted by molar-refractivity contribution is 6.30. The Morgan fingerprint density at radius 2 is 1.65 bits per heavy atom. The summed E-state index contributed by atoms with van der Waals surface area (Å²) in [6.45, 7) is 4.05. The van der Waals surface area contributed by atoms with Gasteiger partial charge in [0.25, 0.3) is 0 Å². The van der Waals surface area contributed by atoms with Gasteiger partial charge in [-0.05, 0) is 36.4 Å². The molecule has 0 atom stereocenters. The van der Waals surface area contributed by atoms with E-state index in [1.165, 1.54) is 16.8 Å². The van der Waals surface area contributed by atoms with E-state index in [2.05, 4.69) is 50.8 Å². The molecule has 118 valence electrons. The topological polar surface area (TPSA) is 24.3 Å². The number of anilines is 2. The molecule has 0 amide bonds. The maximum absolute atomic E-state index is 5.98. The molecule has 5 heteroatoms. The van der Waals surface area contributed by atoms with Gasteiger partial charge >= 0.3 is 0 Å². The molecule has 3 heterocycles. The maximum Gasteiger partial charge on any atom is 0.141 e. The van der Waals surface area contributed by atoms with Crippen LogP contribution in [0.2, 0.25) is 5.02 Å². The van der Waals surface area contributed by atoms with Crippen LogP contribution in [0.25, 0.3) is 11.0 Å². The number of nitrogens with zero attached hydrogens (tertiary/aromatic N) is 4. The number of rotatable bonds is 2. The molecule has 0 spiro atoms. The van der Waals surface area contributed by atoms with Crippen molar-refractivity contribution in [3.05, 3.63) is 53.8 Å². The average Bonchev–Trinajstić information content (AvgIpc) is 2.93. The second kappa shape index (κ2) is 5.78. The lowest BCUT2D eigenvalue weighted by molar-refractivity contribution is 0.654. The Balaban J connectivity index is 1.54. The Kier molecular flexibility index (Phi) is 3.62. The van der Waals surface area contributed by atoms with Crippen LogP contribution in [0, 0.1) is 0 Å². The van der Waals surface area contributed by atoms with Crippen LogP contribution in [0.5, 0.6) is 0 Å². The molecular weight excluding hydrogens is 308 g/mol. The fraction of sp³-hybridized carbons (Fsp3) is 0.278. The van der Waals surface area contributed by atoms with Gasteiger partial charge in [0.1, 0.15) is 5.65 Å². The molecule has 1 aromatic carbocycles. The quantitative estimate of drug-likeness (QED) is 0.719. The van der Waals surface area contributed by atoms with Crippen molar-refractivity contribution >= 4 is 34.0 Å². The highest BCUT2D eigenvalue weighted by Gasteiger charge is 2.20. The van der Waals surface area contributed by atoms with E-state index in [1.54, 1.807) is 0 Å². The van der Waals surface area contributed by atoms with Gasteiger partial charge in [0.2, 0.25) is 0 Å². The van der Waals surface area contributed by atoms with Gasteiger partial charge in [0.15, 0.2) is 0 Å². The van der Waals surface area contributed by atoms with E-state index in [0.717, 1.165) is 36.8 Å². The molecular formula is C18H19ClN4. The van der Waals surface area contributed by atoms with Crippen LogP contribution in [0.1, 0.15) is 0 Å². The number of fused-ring (bicyclic) bond motifs is 1. The Bertz CT molecular complexity index is 817. The Morgan fingerprint density at radius 3 is 2.39 bits per heavy atom. The lowest BCUT2D eigenvalue weighted by atomic mass is 10.2. The minimum atomic E-state index is 0.788. The van der Waals surface area contributed by atoms with Gasteiger partial charge in [-0.15, -0.1) is 0 Å². The first-order chi connectivity index (χ1) is 11.2. The number of aryl methyl sites for hydroxylation is 1. The summed E-state index contributed by atoms with van der Waals surface area (Å²) in [5.74, 6) is 0. The molecule has 2 aromatic heterocycles. The third-order valence-electron chi connectivity index (χ3n) is 4.52. The highest BCUT2D eigenvalue weighted by Crippen LogP contribution is 2.29. The van der Waals surface area contributed by atoms with E-state index in [1.807, 2.05) is 24.4 Å². The van der Waals surface area contributed by atoms with Gasteiger partial charge in [-0.1, -0.05) is 11.6 Å². The van der Waals surface area contributed by atoms with Crippen molar-refractivity contribution in [3.8, 4) is 0 Å². The second-order valence-corrected chi connectivity index (χ2v) is 6.39. The molecule has 0 N–H and O–H groups in total. The first-order valence-corrected chi connectivity index (χ1v) is 8.26. The van der Waals surface area contributed by atoms with Crippen molar-refractivity contribution in [3.63, 3.8) is 0 Å². The average molecular weight is 327 g/mol. The lowest BCUT2D eigenvalue weighted by Crippen LogP contribution is -2.46. The fourth-order valence-electron chi connectivity index (χ4n) is 3.30. The minimum Gasteiger partial charge on any atom is -0.368 e. The second-order valence-electron chi connectivity index (χ2n) is 5.95. The summed E-state index contributed by atoms with van der Waals surface area (Å²) in [6, 6.07) is 12.3.